The summed E-state index contributed by atoms with van der Waals surface area (Å²) in [4.78, 5) is 27.3. The van der Waals surface area contributed by atoms with Crippen LogP contribution in [0.1, 0.15) is 11.7 Å². The molecule has 0 spiro atoms. The topological polar surface area (TPSA) is 88.5 Å². The molecule has 0 aliphatic carbocycles. The summed E-state index contributed by atoms with van der Waals surface area (Å²) in [6.07, 6.45) is -0.143. The second-order valence-electron chi connectivity index (χ2n) is 4.45. The Labute approximate surface area is 142 Å². The van der Waals surface area contributed by atoms with Crippen molar-refractivity contribution in [3.8, 4) is 0 Å². The highest BCUT2D eigenvalue weighted by atomic mass is 35.5. The van der Waals surface area contributed by atoms with Crippen LogP contribution in [0.15, 0.2) is 42.6 Å². The fourth-order valence-electron chi connectivity index (χ4n) is 1.66. The summed E-state index contributed by atoms with van der Waals surface area (Å²) in [6, 6.07) is 9.65. The molecule has 8 heteroatoms. The Kier molecular flexibility index (Phi) is 5.92. The molecule has 1 aromatic heterocycles. The van der Waals surface area contributed by atoms with Crippen molar-refractivity contribution in [2.45, 2.75) is 6.10 Å². The van der Waals surface area contributed by atoms with Crippen LogP contribution in [0.2, 0.25) is 10.0 Å². The van der Waals surface area contributed by atoms with Crippen molar-refractivity contribution < 1.29 is 19.4 Å². The van der Waals surface area contributed by atoms with E-state index < -0.39 is 24.6 Å². The summed E-state index contributed by atoms with van der Waals surface area (Å²) < 4.78 is 4.76. The van der Waals surface area contributed by atoms with Crippen LogP contribution < -0.4 is 5.32 Å². The van der Waals surface area contributed by atoms with Crippen molar-refractivity contribution in [2.24, 2.45) is 0 Å². The minimum atomic E-state index is -1.46. The van der Waals surface area contributed by atoms with E-state index in [1.165, 1.54) is 12.3 Å². The quantitative estimate of drug-likeness (QED) is 0.805. The number of aliphatic hydroxyl groups excluding tert-OH is 1. The number of carbonyl (C=O) groups is 2. The van der Waals surface area contributed by atoms with Gasteiger partial charge in [-0.3, -0.25) is 4.79 Å². The Morgan fingerprint density at radius 3 is 2.61 bits per heavy atom. The van der Waals surface area contributed by atoms with Gasteiger partial charge >= 0.3 is 5.97 Å². The maximum atomic E-state index is 11.7. The number of anilines is 1. The zero-order chi connectivity index (χ0) is 16.8. The highest BCUT2D eigenvalue weighted by Gasteiger charge is 2.20. The number of carbonyl (C=O) groups excluding carboxylic acids is 2. The number of halogens is 2. The third-order valence-corrected chi connectivity index (χ3v) is 3.24. The first-order valence-corrected chi connectivity index (χ1v) is 7.23. The van der Waals surface area contributed by atoms with Crippen LogP contribution in [0.25, 0.3) is 0 Å². The molecule has 0 unspecified atom stereocenters. The first-order valence-electron chi connectivity index (χ1n) is 6.48. The molecule has 0 aliphatic heterocycles. The van der Waals surface area contributed by atoms with Crippen LogP contribution in [-0.4, -0.2) is 28.6 Å². The van der Waals surface area contributed by atoms with Gasteiger partial charge in [-0.1, -0.05) is 53.5 Å². The van der Waals surface area contributed by atoms with Crippen molar-refractivity contribution in [3.05, 3.63) is 58.2 Å². The fourth-order valence-corrected chi connectivity index (χ4v) is 2.09. The summed E-state index contributed by atoms with van der Waals surface area (Å²) >= 11 is 11.5. The van der Waals surface area contributed by atoms with Gasteiger partial charge < -0.3 is 15.2 Å². The van der Waals surface area contributed by atoms with Gasteiger partial charge in [0, 0.05) is 6.20 Å². The van der Waals surface area contributed by atoms with Crippen LogP contribution in [0.4, 0.5) is 5.82 Å². The smallest absolute Gasteiger partial charge is 0.340 e. The number of nitrogens with one attached hydrogen (secondary N) is 1. The Hall–Kier alpha value is -2.15. The molecular formula is C15H12Cl2N2O4. The number of nitrogens with zero attached hydrogens (tertiary/aromatic N) is 1. The molecule has 6 nitrogen and oxygen atoms in total. The molecule has 0 fully saturated rings. The van der Waals surface area contributed by atoms with Gasteiger partial charge in [0.1, 0.15) is 0 Å². The largest absolute Gasteiger partial charge is 0.453 e. The van der Waals surface area contributed by atoms with E-state index in [0.29, 0.717) is 10.6 Å². The normalized spacial score (nSPS) is 11.6. The van der Waals surface area contributed by atoms with E-state index in [1.54, 1.807) is 30.3 Å². The third-order valence-electron chi connectivity index (χ3n) is 2.75. The Balaban J connectivity index is 1.87. The van der Waals surface area contributed by atoms with Crippen molar-refractivity contribution in [3.63, 3.8) is 0 Å². The van der Waals surface area contributed by atoms with E-state index in [9.17, 15) is 14.7 Å². The number of esters is 1. The number of rotatable bonds is 5. The molecular weight excluding hydrogens is 343 g/mol. The second-order valence-corrected chi connectivity index (χ2v) is 5.30. The van der Waals surface area contributed by atoms with E-state index >= 15 is 0 Å². The minimum absolute atomic E-state index is 0.0979. The van der Waals surface area contributed by atoms with Gasteiger partial charge in [-0.15, -0.1) is 0 Å². The molecule has 0 saturated carbocycles. The first kappa shape index (κ1) is 17.2. The van der Waals surface area contributed by atoms with E-state index in [4.69, 9.17) is 27.9 Å². The molecule has 1 heterocycles. The fraction of sp³-hybridized carbons (Fsp3) is 0.133. The number of amides is 1. The minimum Gasteiger partial charge on any atom is -0.453 e. The van der Waals surface area contributed by atoms with Gasteiger partial charge in [-0.2, -0.15) is 0 Å². The molecule has 0 bridgehead atoms. The molecule has 2 N–H and O–H groups in total. The number of benzene rings is 1. The third kappa shape index (κ3) is 4.92. The van der Waals surface area contributed by atoms with E-state index in [2.05, 4.69) is 10.3 Å². The van der Waals surface area contributed by atoms with Crippen LogP contribution in [0.5, 0.6) is 0 Å². The lowest BCUT2D eigenvalue weighted by atomic mass is 10.1. The summed E-state index contributed by atoms with van der Waals surface area (Å²) in [7, 11) is 0. The number of ether oxygens (including phenoxy) is 1. The second kappa shape index (κ2) is 7.92. The first-order chi connectivity index (χ1) is 11.0. The van der Waals surface area contributed by atoms with Crippen molar-refractivity contribution in [1.82, 2.24) is 4.98 Å². The standard InChI is InChI=1S/C15H12Cl2N2O4/c16-10-6-11(17)14(18-7-10)19-12(20)8-23-15(22)13(21)9-4-2-1-3-5-9/h1-7,13,21H,8H2,(H,18,19,20)/t13-/m1/s1. The van der Waals surface area contributed by atoms with Gasteiger partial charge in [0.2, 0.25) is 0 Å². The van der Waals surface area contributed by atoms with Gasteiger partial charge in [0.25, 0.3) is 5.91 Å². The number of aliphatic hydroxyl groups is 1. The van der Waals surface area contributed by atoms with Crippen LogP contribution in [-0.2, 0) is 14.3 Å². The van der Waals surface area contributed by atoms with Crippen LogP contribution >= 0.6 is 23.2 Å². The zero-order valence-corrected chi connectivity index (χ0v) is 13.2. The van der Waals surface area contributed by atoms with Gasteiger partial charge in [0.15, 0.2) is 18.5 Å². The van der Waals surface area contributed by atoms with Gasteiger partial charge in [-0.25, -0.2) is 9.78 Å². The number of aromatic nitrogens is 1. The maximum Gasteiger partial charge on any atom is 0.340 e. The van der Waals surface area contributed by atoms with Crippen molar-refractivity contribution >= 4 is 40.9 Å². The Morgan fingerprint density at radius 1 is 1.26 bits per heavy atom. The Morgan fingerprint density at radius 2 is 1.96 bits per heavy atom. The lowest BCUT2D eigenvalue weighted by Crippen LogP contribution is -2.24. The van der Waals surface area contributed by atoms with Crippen molar-refractivity contribution in [2.75, 3.05) is 11.9 Å². The molecule has 0 saturated heterocycles. The summed E-state index contributed by atoms with van der Waals surface area (Å²) in [6.45, 7) is -0.580. The molecule has 2 aromatic rings. The van der Waals surface area contributed by atoms with Gasteiger partial charge in [0.05, 0.1) is 10.0 Å². The highest BCUT2D eigenvalue weighted by Crippen LogP contribution is 2.22. The monoisotopic (exact) mass is 354 g/mol. The lowest BCUT2D eigenvalue weighted by molar-refractivity contribution is -0.156. The average Bonchev–Trinajstić information content (AvgIpc) is 2.55. The van der Waals surface area contributed by atoms with E-state index in [-0.39, 0.29) is 10.8 Å². The number of pyridine rings is 1. The summed E-state index contributed by atoms with van der Waals surface area (Å²) in [5.74, 6) is -1.47. The predicted octanol–water partition coefficient (Wildman–Crippen LogP) is 2.60. The molecule has 1 aromatic carbocycles. The predicted molar refractivity (Wildman–Crippen MR) is 85.2 cm³/mol. The molecule has 2 rings (SSSR count). The number of hydrogen-bond acceptors (Lipinski definition) is 5. The lowest BCUT2D eigenvalue weighted by Gasteiger charge is -2.11. The highest BCUT2D eigenvalue weighted by molar-refractivity contribution is 6.36. The number of hydrogen-bond donors (Lipinski definition) is 2. The van der Waals surface area contributed by atoms with Crippen molar-refractivity contribution in [1.29, 1.82) is 0 Å². The van der Waals surface area contributed by atoms with E-state index in [0.717, 1.165) is 0 Å². The van der Waals surface area contributed by atoms with Gasteiger partial charge in [-0.05, 0) is 11.6 Å². The Bertz CT molecular complexity index is 710. The molecule has 23 heavy (non-hydrogen) atoms. The van der Waals surface area contributed by atoms with Crippen LogP contribution in [0, 0.1) is 0 Å². The molecule has 1 atom stereocenters. The van der Waals surface area contributed by atoms with E-state index in [1.807, 2.05) is 0 Å². The summed E-state index contributed by atoms with van der Waals surface area (Å²) in [5, 5.41) is 12.7. The van der Waals surface area contributed by atoms with Crippen LogP contribution in [0.3, 0.4) is 0 Å². The average molecular weight is 355 g/mol. The molecule has 0 radical (unpaired) electrons. The maximum absolute atomic E-state index is 11.7. The molecule has 0 aliphatic rings. The zero-order valence-electron chi connectivity index (χ0n) is 11.7. The SMILES string of the molecule is O=C(COC(=O)[C@H](O)c1ccccc1)Nc1ncc(Cl)cc1Cl. The molecule has 120 valence electrons. The summed E-state index contributed by atoms with van der Waals surface area (Å²) in [5.41, 5.74) is 0.375. The molecule has 1 amide bonds.